The van der Waals surface area contributed by atoms with Crippen LogP contribution in [0.25, 0.3) is 0 Å². The van der Waals surface area contributed by atoms with E-state index in [-0.39, 0.29) is 11.4 Å². The van der Waals surface area contributed by atoms with Gasteiger partial charge in [-0.1, -0.05) is 6.92 Å². The molecule has 0 bridgehead atoms. The highest BCUT2D eigenvalue weighted by molar-refractivity contribution is 6.18. The fraction of sp³-hybridized carbons (Fsp3) is 0.250. The number of allylic oxidation sites excluding steroid dienone is 3. The molecule has 1 N–H and O–H groups in total. The van der Waals surface area contributed by atoms with Gasteiger partial charge >= 0.3 is 0 Å². The van der Waals surface area contributed by atoms with Crippen molar-refractivity contribution in [3.63, 3.8) is 0 Å². The van der Waals surface area contributed by atoms with E-state index in [1.165, 1.54) is 6.08 Å². The van der Waals surface area contributed by atoms with Gasteiger partial charge in [0.15, 0.2) is 11.5 Å². The normalized spacial score (nSPS) is 17.9. The highest BCUT2D eigenvalue weighted by Gasteiger charge is 2.19. The van der Waals surface area contributed by atoms with Crippen molar-refractivity contribution < 1.29 is 14.7 Å². The Morgan fingerprint density at radius 1 is 1.27 bits per heavy atom. The third kappa shape index (κ3) is 1.22. The summed E-state index contributed by atoms with van der Waals surface area (Å²) < 4.78 is 0. The number of rotatable bonds is 1. The molecular weight excluding hydrogens is 144 g/mol. The summed E-state index contributed by atoms with van der Waals surface area (Å²) in [5.41, 5.74) is 0.206. The Labute approximate surface area is 64.0 Å². The quantitative estimate of drug-likeness (QED) is 0.568. The van der Waals surface area contributed by atoms with E-state index >= 15 is 0 Å². The van der Waals surface area contributed by atoms with Crippen molar-refractivity contribution in [3.05, 3.63) is 23.5 Å². The van der Waals surface area contributed by atoms with Crippen LogP contribution in [0, 0.1) is 0 Å². The minimum Gasteiger partial charge on any atom is -0.504 e. The van der Waals surface area contributed by atoms with Gasteiger partial charge in [0.1, 0.15) is 0 Å². The lowest BCUT2D eigenvalue weighted by Crippen LogP contribution is -2.13. The smallest absolute Gasteiger partial charge is 0.220 e. The first-order chi connectivity index (χ1) is 5.16. The number of hydrogen-bond acceptors (Lipinski definition) is 3. The van der Waals surface area contributed by atoms with E-state index in [0.717, 1.165) is 6.08 Å². The van der Waals surface area contributed by atoms with Gasteiger partial charge in [0.25, 0.3) is 0 Å². The second kappa shape index (κ2) is 2.70. The van der Waals surface area contributed by atoms with E-state index in [1.54, 1.807) is 6.92 Å². The number of carbonyl (C=O) groups is 2. The van der Waals surface area contributed by atoms with Gasteiger partial charge in [0.05, 0.1) is 0 Å². The number of aliphatic hydroxyl groups excluding tert-OH is 1. The predicted octanol–water partition coefficient (Wildman–Crippen LogP) is 0.916. The molecular formula is C8H8O3. The van der Waals surface area contributed by atoms with Crippen molar-refractivity contribution in [2.45, 2.75) is 13.3 Å². The van der Waals surface area contributed by atoms with Crippen LogP contribution in [0.3, 0.4) is 0 Å². The van der Waals surface area contributed by atoms with Crippen molar-refractivity contribution in [1.29, 1.82) is 0 Å². The average molecular weight is 152 g/mol. The fourth-order valence-corrected chi connectivity index (χ4v) is 0.938. The van der Waals surface area contributed by atoms with Crippen LogP contribution in [0.1, 0.15) is 13.3 Å². The molecule has 0 aromatic heterocycles. The van der Waals surface area contributed by atoms with E-state index < -0.39 is 11.5 Å². The monoisotopic (exact) mass is 152 g/mol. The second-order valence-electron chi connectivity index (χ2n) is 2.24. The Morgan fingerprint density at radius 3 is 2.27 bits per heavy atom. The molecule has 1 aliphatic rings. The van der Waals surface area contributed by atoms with Gasteiger partial charge in [-0.3, -0.25) is 9.59 Å². The van der Waals surface area contributed by atoms with Crippen LogP contribution in [0.2, 0.25) is 0 Å². The molecule has 11 heavy (non-hydrogen) atoms. The van der Waals surface area contributed by atoms with Crippen molar-refractivity contribution in [2.24, 2.45) is 0 Å². The molecule has 1 aliphatic carbocycles. The lowest BCUT2D eigenvalue weighted by atomic mass is 10.00. The van der Waals surface area contributed by atoms with Gasteiger partial charge in [0, 0.05) is 5.57 Å². The van der Waals surface area contributed by atoms with Gasteiger partial charge < -0.3 is 5.11 Å². The zero-order valence-corrected chi connectivity index (χ0v) is 6.13. The maximum absolute atomic E-state index is 10.9. The predicted molar refractivity (Wildman–Crippen MR) is 39.1 cm³/mol. The molecule has 0 fully saturated rings. The molecule has 0 heterocycles. The summed E-state index contributed by atoms with van der Waals surface area (Å²) >= 11 is 0. The zero-order chi connectivity index (χ0) is 8.43. The number of ketones is 2. The Hall–Kier alpha value is -1.38. The summed E-state index contributed by atoms with van der Waals surface area (Å²) in [6.07, 6.45) is 2.65. The SMILES string of the molecule is CCC1=C(O)C(=O)C=CC1=O. The number of carbonyl (C=O) groups excluding carboxylic acids is 2. The summed E-state index contributed by atoms with van der Waals surface area (Å²) in [7, 11) is 0. The van der Waals surface area contributed by atoms with Crippen LogP contribution in [-0.2, 0) is 9.59 Å². The van der Waals surface area contributed by atoms with Crippen molar-refractivity contribution >= 4 is 11.6 Å². The minimum absolute atomic E-state index is 0.206. The largest absolute Gasteiger partial charge is 0.504 e. The van der Waals surface area contributed by atoms with Gasteiger partial charge in [-0.05, 0) is 18.6 Å². The molecule has 0 saturated carbocycles. The maximum Gasteiger partial charge on any atom is 0.220 e. The summed E-state index contributed by atoms with van der Waals surface area (Å²) in [5.74, 6) is -1.16. The van der Waals surface area contributed by atoms with Crippen molar-refractivity contribution in [1.82, 2.24) is 0 Å². The maximum atomic E-state index is 10.9. The first kappa shape index (κ1) is 7.72. The Balaban J connectivity index is 3.09. The molecule has 0 atom stereocenters. The van der Waals surface area contributed by atoms with E-state index in [9.17, 15) is 9.59 Å². The zero-order valence-electron chi connectivity index (χ0n) is 6.13. The van der Waals surface area contributed by atoms with Gasteiger partial charge in [-0.15, -0.1) is 0 Å². The first-order valence-electron chi connectivity index (χ1n) is 3.35. The number of hydrogen-bond donors (Lipinski definition) is 1. The van der Waals surface area contributed by atoms with Crippen LogP contribution < -0.4 is 0 Å². The first-order valence-corrected chi connectivity index (χ1v) is 3.35. The van der Waals surface area contributed by atoms with Crippen LogP contribution in [0.15, 0.2) is 23.5 Å². The Kier molecular flexibility index (Phi) is 1.89. The molecule has 58 valence electrons. The molecule has 1 rings (SSSR count). The third-order valence-electron chi connectivity index (χ3n) is 1.56. The molecule has 0 radical (unpaired) electrons. The highest BCUT2D eigenvalue weighted by Crippen LogP contribution is 2.14. The molecule has 3 heteroatoms. The highest BCUT2D eigenvalue weighted by atomic mass is 16.3. The van der Waals surface area contributed by atoms with Gasteiger partial charge in [0.2, 0.25) is 5.78 Å². The average Bonchev–Trinajstić information content (AvgIpc) is 1.99. The second-order valence-corrected chi connectivity index (χ2v) is 2.24. The molecule has 3 nitrogen and oxygen atoms in total. The van der Waals surface area contributed by atoms with E-state index in [2.05, 4.69) is 0 Å². The molecule has 0 aliphatic heterocycles. The Morgan fingerprint density at radius 2 is 1.82 bits per heavy atom. The van der Waals surface area contributed by atoms with Crippen LogP contribution >= 0.6 is 0 Å². The summed E-state index contributed by atoms with van der Waals surface area (Å²) in [6.45, 7) is 1.72. The molecule has 0 amide bonds. The molecule has 0 unspecified atom stereocenters. The summed E-state index contributed by atoms with van der Waals surface area (Å²) in [4.78, 5) is 21.7. The third-order valence-corrected chi connectivity index (χ3v) is 1.56. The lowest BCUT2D eigenvalue weighted by Gasteiger charge is -2.06. The van der Waals surface area contributed by atoms with Crippen LogP contribution in [-0.4, -0.2) is 16.7 Å². The van der Waals surface area contributed by atoms with Crippen LogP contribution in [0.5, 0.6) is 0 Å². The van der Waals surface area contributed by atoms with Crippen LogP contribution in [0.4, 0.5) is 0 Å². The summed E-state index contributed by atoms with van der Waals surface area (Å²) in [5, 5.41) is 9.07. The summed E-state index contributed by atoms with van der Waals surface area (Å²) in [6, 6.07) is 0. The minimum atomic E-state index is -0.485. The molecule has 0 saturated heterocycles. The Bertz CT molecular complexity index is 271. The number of aliphatic hydroxyl groups is 1. The fourth-order valence-electron chi connectivity index (χ4n) is 0.938. The van der Waals surface area contributed by atoms with Gasteiger partial charge in [-0.25, -0.2) is 0 Å². The van der Waals surface area contributed by atoms with E-state index in [1.807, 2.05) is 0 Å². The molecule has 0 aromatic carbocycles. The molecule has 0 spiro atoms. The molecule has 0 aromatic rings. The topological polar surface area (TPSA) is 54.4 Å². The van der Waals surface area contributed by atoms with Gasteiger partial charge in [-0.2, -0.15) is 0 Å². The van der Waals surface area contributed by atoms with E-state index in [4.69, 9.17) is 5.11 Å². The lowest BCUT2D eigenvalue weighted by molar-refractivity contribution is -0.117. The van der Waals surface area contributed by atoms with Crippen molar-refractivity contribution in [3.8, 4) is 0 Å². The standard InChI is InChI=1S/C8H8O3/c1-2-5-6(9)3-4-7(10)8(5)11/h3-4,11H,2H2,1H3. The van der Waals surface area contributed by atoms with E-state index in [0.29, 0.717) is 6.42 Å². The van der Waals surface area contributed by atoms with Crippen molar-refractivity contribution in [2.75, 3.05) is 0 Å².